The fraction of sp³-hybridized carbons (Fsp3) is 0.167. The average molecular weight is 361 g/mol. The Balaban J connectivity index is 2.15. The van der Waals surface area contributed by atoms with Crippen molar-refractivity contribution in [1.29, 1.82) is 0 Å². The number of carbonyl (C=O) groups excluding carboxylic acids is 1. The van der Waals surface area contributed by atoms with Crippen LogP contribution in [0.25, 0.3) is 21.9 Å². The number of benzene rings is 2. The molecule has 0 bridgehead atoms. The standard InChI is InChI=1S/C18H14F3N3O2/c1-17(26,18(19,20)21)15-14-6-5-11(8-13(14)9-23-24-15)10-3-2-4-12(7-10)16(22)25/h2-9,26H,1H3,(H2,22,25)/t17-/m0/s1. The molecule has 0 aliphatic carbocycles. The van der Waals surface area contributed by atoms with Gasteiger partial charge in [0.05, 0.1) is 6.20 Å². The summed E-state index contributed by atoms with van der Waals surface area (Å²) in [7, 11) is 0. The highest BCUT2D eigenvalue weighted by Gasteiger charge is 2.53. The first-order valence-electron chi connectivity index (χ1n) is 7.56. The van der Waals surface area contributed by atoms with E-state index < -0.39 is 23.4 Å². The molecule has 1 atom stereocenters. The van der Waals surface area contributed by atoms with Crippen molar-refractivity contribution >= 4 is 16.7 Å². The summed E-state index contributed by atoms with van der Waals surface area (Å²) < 4.78 is 39.4. The first-order chi connectivity index (χ1) is 12.1. The number of rotatable bonds is 3. The SMILES string of the molecule is C[C@](O)(c1nncc2cc(-c3cccc(C(N)=O)c3)ccc12)C(F)(F)F. The molecule has 3 N–H and O–H groups in total. The lowest BCUT2D eigenvalue weighted by Gasteiger charge is -2.26. The summed E-state index contributed by atoms with van der Waals surface area (Å²) >= 11 is 0. The van der Waals surface area contributed by atoms with Crippen LogP contribution in [0.4, 0.5) is 13.2 Å². The Labute approximate surface area is 146 Å². The van der Waals surface area contributed by atoms with Crippen LogP contribution in [0.15, 0.2) is 48.7 Å². The van der Waals surface area contributed by atoms with E-state index in [-0.39, 0.29) is 5.39 Å². The molecule has 3 rings (SSSR count). The number of alkyl halides is 3. The quantitative estimate of drug-likeness (QED) is 0.750. The van der Waals surface area contributed by atoms with Gasteiger partial charge in [-0.1, -0.05) is 24.3 Å². The van der Waals surface area contributed by atoms with Crippen LogP contribution >= 0.6 is 0 Å². The van der Waals surface area contributed by atoms with E-state index >= 15 is 0 Å². The van der Waals surface area contributed by atoms with Crippen LogP contribution in [0.2, 0.25) is 0 Å². The molecule has 0 aliphatic rings. The third kappa shape index (κ3) is 2.99. The number of aromatic nitrogens is 2. The van der Waals surface area contributed by atoms with Crippen molar-refractivity contribution in [2.75, 3.05) is 0 Å². The largest absolute Gasteiger partial charge is 0.422 e. The van der Waals surface area contributed by atoms with Crippen molar-refractivity contribution < 1.29 is 23.1 Å². The van der Waals surface area contributed by atoms with Crippen molar-refractivity contribution in [3.63, 3.8) is 0 Å². The van der Waals surface area contributed by atoms with Crippen LogP contribution in [0.3, 0.4) is 0 Å². The van der Waals surface area contributed by atoms with E-state index in [2.05, 4.69) is 10.2 Å². The van der Waals surface area contributed by atoms with Crippen LogP contribution < -0.4 is 5.73 Å². The highest BCUT2D eigenvalue weighted by atomic mass is 19.4. The van der Waals surface area contributed by atoms with E-state index in [1.54, 1.807) is 36.4 Å². The molecule has 134 valence electrons. The number of carbonyl (C=O) groups is 1. The van der Waals surface area contributed by atoms with Crippen molar-refractivity contribution in [3.05, 3.63) is 59.9 Å². The normalized spacial score (nSPS) is 14.2. The van der Waals surface area contributed by atoms with Crippen LogP contribution in [0, 0.1) is 0 Å². The average Bonchev–Trinajstić information content (AvgIpc) is 2.59. The van der Waals surface area contributed by atoms with Crippen LogP contribution in [0.5, 0.6) is 0 Å². The number of primary amides is 1. The van der Waals surface area contributed by atoms with Gasteiger partial charge in [0, 0.05) is 16.3 Å². The summed E-state index contributed by atoms with van der Waals surface area (Å²) in [6.07, 6.45) is -3.59. The Kier molecular flexibility index (Phi) is 4.15. The predicted molar refractivity (Wildman–Crippen MR) is 89.1 cm³/mol. The van der Waals surface area contributed by atoms with E-state index in [1.165, 1.54) is 12.3 Å². The number of aliphatic hydroxyl groups is 1. The highest BCUT2D eigenvalue weighted by molar-refractivity contribution is 5.95. The van der Waals surface area contributed by atoms with Gasteiger partial charge in [0.15, 0.2) is 0 Å². The molecule has 0 radical (unpaired) electrons. The molecule has 0 unspecified atom stereocenters. The van der Waals surface area contributed by atoms with Crippen molar-refractivity contribution in [2.45, 2.75) is 18.7 Å². The summed E-state index contributed by atoms with van der Waals surface area (Å²) in [5.41, 5.74) is 3.21. The van der Waals surface area contributed by atoms with Crippen LogP contribution in [0.1, 0.15) is 23.0 Å². The van der Waals surface area contributed by atoms with Crippen molar-refractivity contribution in [2.24, 2.45) is 5.73 Å². The zero-order valence-corrected chi connectivity index (χ0v) is 13.6. The smallest absolute Gasteiger partial charge is 0.375 e. The Morgan fingerprint density at radius 2 is 1.81 bits per heavy atom. The highest BCUT2D eigenvalue weighted by Crippen LogP contribution is 2.40. The van der Waals surface area contributed by atoms with Gasteiger partial charge in [0.2, 0.25) is 11.5 Å². The minimum Gasteiger partial charge on any atom is -0.375 e. The molecule has 0 aliphatic heterocycles. The molecular formula is C18H14F3N3O2. The first-order valence-corrected chi connectivity index (χ1v) is 7.56. The fourth-order valence-corrected chi connectivity index (χ4v) is 2.61. The van der Waals surface area contributed by atoms with Gasteiger partial charge in [-0.05, 0) is 36.2 Å². The lowest BCUT2D eigenvalue weighted by molar-refractivity contribution is -0.260. The molecular weight excluding hydrogens is 347 g/mol. The number of halogens is 3. The second-order valence-electron chi connectivity index (χ2n) is 6.01. The molecule has 0 saturated heterocycles. The third-order valence-electron chi connectivity index (χ3n) is 4.15. The summed E-state index contributed by atoms with van der Waals surface area (Å²) in [4.78, 5) is 11.3. The van der Waals surface area contributed by atoms with E-state index in [0.717, 1.165) is 0 Å². The zero-order chi connectivity index (χ0) is 19.1. The molecule has 8 heteroatoms. The maximum Gasteiger partial charge on any atom is 0.422 e. The fourth-order valence-electron chi connectivity index (χ4n) is 2.61. The molecule has 26 heavy (non-hydrogen) atoms. The predicted octanol–water partition coefficient (Wildman–Crippen LogP) is 3.17. The molecule has 1 heterocycles. The number of hydrogen-bond acceptors (Lipinski definition) is 4. The van der Waals surface area contributed by atoms with E-state index in [0.29, 0.717) is 29.0 Å². The summed E-state index contributed by atoms with van der Waals surface area (Å²) in [6, 6.07) is 11.2. The number of hydrogen-bond donors (Lipinski definition) is 2. The van der Waals surface area contributed by atoms with Gasteiger partial charge in [-0.25, -0.2) is 0 Å². The third-order valence-corrected chi connectivity index (χ3v) is 4.15. The topological polar surface area (TPSA) is 89.1 Å². The van der Waals surface area contributed by atoms with Gasteiger partial charge >= 0.3 is 6.18 Å². The molecule has 1 aromatic heterocycles. The minimum absolute atomic E-state index is 0.136. The summed E-state index contributed by atoms with van der Waals surface area (Å²) in [6.45, 7) is 0.640. The Bertz CT molecular complexity index is 1000. The van der Waals surface area contributed by atoms with Gasteiger partial charge in [-0.15, -0.1) is 0 Å². The lowest BCUT2D eigenvalue weighted by atomic mass is 9.94. The molecule has 0 fully saturated rings. The van der Waals surface area contributed by atoms with Gasteiger partial charge in [-0.3, -0.25) is 4.79 Å². The first kappa shape index (κ1) is 17.8. The lowest BCUT2D eigenvalue weighted by Crippen LogP contribution is -2.40. The molecule has 0 spiro atoms. The number of amides is 1. The summed E-state index contributed by atoms with van der Waals surface area (Å²) in [5, 5.41) is 17.5. The zero-order valence-electron chi connectivity index (χ0n) is 13.6. The van der Waals surface area contributed by atoms with Crippen molar-refractivity contribution in [3.8, 4) is 11.1 Å². The second-order valence-corrected chi connectivity index (χ2v) is 6.01. The second kappa shape index (κ2) is 6.06. The van der Waals surface area contributed by atoms with Gasteiger partial charge < -0.3 is 10.8 Å². The molecule has 0 saturated carbocycles. The molecule has 2 aromatic carbocycles. The molecule has 1 amide bonds. The van der Waals surface area contributed by atoms with Crippen LogP contribution in [-0.4, -0.2) is 27.4 Å². The van der Waals surface area contributed by atoms with E-state index in [1.807, 2.05) is 0 Å². The number of nitrogens with two attached hydrogens (primary N) is 1. The molecule has 5 nitrogen and oxygen atoms in total. The Morgan fingerprint density at radius 1 is 1.12 bits per heavy atom. The Hall–Kier alpha value is -3.00. The number of fused-ring (bicyclic) bond motifs is 1. The minimum atomic E-state index is -4.90. The molecule has 3 aromatic rings. The Morgan fingerprint density at radius 3 is 2.46 bits per heavy atom. The van der Waals surface area contributed by atoms with Gasteiger partial charge in [0.25, 0.3) is 0 Å². The van der Waals surface area contributed by atoms with Gasteiger partial charge in [-0.2, -0.15) is 23.4 Å². The van der Waals surface area contributed by atoms with Crippen LogP contribution in [-0.2, 0) is 5.60 Å². The maximum atomic E-state index is 13.1. The van der Waals surface area contributed by atoms with Gasteiger partial charge in [0.1, 0.15) is 5.69 Å². The monoisotopic (exact) mass is 361 g/mol. The van der Waals surface area contributed by atoms with E-state index in [9.17, 15) is 23.1 Å². The number of nitrogens with zero attached hydrogens (tertiary/aromatic N) is 2. The van der Waals surface area contributed by atoms with Crippen molar-refractivity contribution in [1.82, 2.24) is 10.2 Å². The maximum absolute atomic E-state index is 13.1. The van der Waals surface area contributed by atoms with E-state index in [4.69, 9.17) is 5.73 Å². The summed E-state index contributed by atoms with van der Waals surface area (Å²) in [5.74, 6) is -0.581.